The quantitative estimate of drug-likeness (QED) is 0.706. The lowest BCUT2D eigenvalue weighted by Gasteiger charge is -2.31. The minimum Gasteiger partial charge on any atom is -0.330 e. The fourth-order valence-electron chi connectivity index (χ4n) is 2.33. The average Bonchev–Trinajstić information content (AvgIpc) is 2.25. The summed E-state index contributed by atoms with van der Waals surface area (Å²) in [6.07, 6.45) is 5.00. The highest BCUT2D eigenvalue weighted by Gasteiger charge is 2.23. The molecule has 0 saturated carbocycles. The first-order valence-corrected chi connectivity index (χ1v) is 7.23. The first kappa shape index (κ1) is 16.9. The molecule has 0 aromatic carbocycles. The van der Waals surface area contributed by atoms with Crippen LogP contribution in [-0.2, 0) is 0 Å². The highest BCUT2D eigenvalue weighted by atomic mass is 15.1. The maximum absolute atomic E-state index is 5.72. The second-order valence-electron chi connectivity index (χ2n) is 6.52. The smallest absolute Gasteiger partial charge is 0.00612 e. The molecule has 2 nitrogen and oxygen atoms in total. The molecule has 104 valence electrons. The van der Waals surface area contributed by atoms with Gasteiger partial charge in [0.15, 0.2) is 0 Å². The third-order valence-electron chi connectivity index (χ3n) is 4.15. The molecule has 2 unspecified atom stereocenters. The fourth-order valence-corrected chi connectivity index (χ4v) is 2.33. The van der Waals surface area contributed by atoms with Gasteiger partial charge in [-0.3, -0.25) is 0 Å². The molecule has 0 spiro atoms. The third-order valence-corrected chi connectivity index (χ3v) is 4.15. The molecule has 0 radical (unpaired) electrons. The Bertz CT molecular complexity index is 184. The van der Waals surface area contributed by atoms with Crippen LogP contribution in [0.25, 0.3) is 0 Å². The summed E-state index contributed by atoms with van der Waals surface area (Å²) >= 11 is 0. The summed E-state index contributed by atoms with van der Waals surface area (Å²) < 4.78 is 0. The van der Waals surface area contributed by atoms with Crippen LogP contribution in [0.2, 0.25) is 0 Å². The molecular formula is C15H34N2. The number of hydrogen-bond donors (Lipinski definition) is 1. The van der Waals surface area contributed by atoms with Crippen LogP contribution in [0.5, 0.6) is 0 Å². The lowest BCUT2D eigenvalue weighted by atomic mass is 9.76. The van der Waals surface area contributed by atoms with Crippen LogP contribution >= 0.6 is 0 Å². The first-order valence-electron chi connectivity index (χ1n) is 7.23. The molecule has 0 amide bonds. The Morgan fingerprint density at radius 3 is 2.18 bits per heavy atom. The molecule has 0 aliphatic rings. The van der Waals surface area contributed by atoms with Gasteiger partial charge in [-0.2, -0.15) is 0 Å². The molecule has 0 aliphatic heterocycles. The van der Waals surface area contributed by atoms with Gasteiger partial charge in [-0.25, -0.2) is 0 Å². The maximum atomic E-state index is 5.72. The van der Waals surface area contributed by atoms with E-state index in [9.17, 15) is 0 Å². The standard InChI is InChI=1S/C15H34N2/c1-7-13(2)17(6)12-8-9-14(10-11-16)15(3,4)5/h13-14H,7-12,16H2,1-6H3. The molecule has 17 heavy (non-hydrogen) atoms. The summed E-state index contributed by atoms with van der Waals surface area (Å²) in [5, 5.41) is 0. The van der Waals surface area contributed by atoms with Crippen molar-refractivity contribution in [2.24, 2.45) is 17.1 Å². The molecule has 0 rings (SSSR count). The van der Waals surface area contributed by atoms with Crippen LogP contribution < -0.4 is 5.73 Å². The van der Waals surface area contributed by atoms with E-state index in [0.29, 0.717) is 11.5 Å². The van der Waals surface area contributed by atoms with Gasteiger partial charge in [0.2, 0.25) is 0 Å². The van der Waals surface area contributed by atoms with E-state index in [-0.39, 0.29) is 0 Å². The van der Waals surface area contributed by atoms with Crippen molar-refractivity contribution in [3.8, 4) is 0 Å². The van der Waals surface area contributed by atoms with E-state index in [0.717, 1.165) is 18.9 Å². The Morgan fingerprint density at radius 1 is 1.18 bits per heavy atom. The summed E-state index contributed by atoms with van der Waals surface area (Å²) in [5.74, 6) is 0.762. The molecule has 2 atom stereocenters. The predicted octanol–water partition coefficient (Wildman–Crippen LogP) is 3.51. The van der Waals surface area contributed by atoms with E-state index in [1.54, 1.807) is 0 Å². The average molecular weight is 242 g/mol. The van der Waals surface area contributed by atoms with E-state index in [4.69, 9.17) is 5.73 Å². The number of nitrogens with two attached hydrogens (primary N) is 1. The van der Waals surface area contributed by atoms with E-state index in [1.165, 1.54) is 25.8 Å². The molecule has 0 aromatic heterocycles. The summed E-state index contributed by atoms with van der Waals surface area (Å²) in [6, 6.07) is 0.706. The van der Waals surface area contributed by atoms with Crippen molar-refractivity contribution in [3.05, 3.63) is 0 Å². The molecule has 0 heterocycles. The van der Waals surface area contributed by atoms with Crippen molar-refractivity contribution < 1.29 is 0 Å². The normalized spacial score (nSPS) is 16.2. The molecule has 0 aromatic rings. The molecule has 0 bridgehead atoms. The molecule has 2 N–H and O–H groups in total. The predicted molar refractivity (Wildman–Crippen MR) is 78.2 cm³/mol. The van der Waals surface area contributed by atoms with Crippen LogP contribution in [0.1, 0.15) is 60.3 Å². The minimum absolute atomic E-state index is 0.397. The van der Waals surface area contributed by atoms with Gasteiger partial charge >= 0.3 is 0 Å². The van der Waals surface area contributed by atoms with Crippen LogP contribution in [0.15, 0.2) is 0 Å². The zero-order chi connectivity index (χ0) is 13.5. The fraction of sp³-hybridized carbons (Fsp3) is 1.00. The number of nitrogens with zero attached hydrogens (tertiary/aromatic N) is 1. The first-order chi connectivity index (χ1) is 7.82. The summed E-state index contributed by atoms with van der Waals surface area (Å²) in [6.45, 7) is 13.6. The Labute approximate surface area is 109 Å². The zero-order valence-electron chi connectivity index (χ0n) is 12.9. The van der Waals surface area contributed by atoms with Gasteiger partial charge in [0.25, 0.3) is 0 Å². The van der Waals surface area contributed by atoms with Crippen molar-refractivity contribution in [1.29, 1.82) is 0 Å². The highest BCUT2D eigenvalue weighted by molar-refractivity contribution is 4.75. The van der Waals surface area contributed by atoms with E-state index < -0.39 is 0 Å². The molecular weight excluding hydrogens is 208 g/mol. The van der Waals surface area contributed by atoms with E-state index in [2.05, 4.69) is 46.6 Å². The van der Waals surface area contributed by atoms with Gasteiger partial charge in [-0.1, -0.05) is 27.7 Å². The van der Waals surface area contributed by atoms with Crippen LogP contribution in [0.4, 0.5) is 0 Å². The van der Waals surface area contributed by atoms with Crippen molar-refractivity contribution in [1.82, 2.24) is 4.90 Å². The van der Waals surface area contributed by atoms with Crippen molar-refractivity contribution in [2.75, 3.05) is 20.1 Å². The minimum atomic E-state index is 0.397. The summed E-state index contributed by atoms with van der Waals surface area (Å²) in [5.41, 5.74) is 6.11. The SMILES string of the molecule is CCC(C)N(C)CCCC(CCN)C(C)(C)C. The van der Waals surface area contributed by atoms with Gasteiger partial charge in [0.05, 0.1) is 0 Å². The largest absolute Gasteiger partial charge is 0.330 e. The van der Waals surface area contributed by atoms with Gasteiger partial charge < -0.3 is 10.6 Å². The lowest BCUT2D eigenvalue weighted by molar-refractivity contribution is 0.189. The highest BCUT2D eigenvalue weighted by Crippen LogP contribution is 2.32. The monoisotopic (exact) mass is 242 g/mol. The second kappa shape index (κ2) is 8.10. The Morgan fingerprint density at radius 2 is 1.76 bits per heavy atom. The number of rotatable bonds is 8. The molecule has 2 heteroatoms. The van der Waals surface area contributed by atoms with Crippen LogP contribution in [0, 0.1) is 11.3 Å². The Hall–Kier alpha value is -0.0800. The van der Waals surface area contributed by atoms with Crippen LogP contribution in [-0.4, -0.2) is 31.1 Å². The Balaban J connectivity index is 3.98. The van der Waals surface area contributed by atoms with Crippen molar-refractivity contribution >= 4 is 0 Å². The van der Waals surface area contributed by atoms with Gasteiger partial charge in [-0.15, -0.1) is 0 Å². The zero-order valence-corrected chi connectivity index (χ0v) is 12.9. The van der Waals surface area contributed by atoms with Crippen molar-refractivity contribution in [2.45, 2.75) is 66.3 Å². The Kier molecular flexibility index (Phi) is 8.06. The van der Waals surface area contributed by atoms with Gasteiger partial charge in [0, 0.05) is 6.04 Å². The van der Waals surface area contributed by atoms with Gasteiger partial charge in [-0.05, 0) is 64.1 Å². The second-order valence-corrected chi connectivity index (χ2v) is 6.52. The molecule has 0 aliphatic carbocycles. The van der Waals surface area contributed by atoms with Crippen molar-refractivity contribution in [3.63, 3.8) is 0 Å². The van der Waals surface area contributed by atoms with Gasteiger partial charge in [0.1, 0.15) is 0 Å². The van der Waals surface area contributed by atoms with E-state index >= 15 is 0 Å². The topological polar surface area (TPSA) is 29.3 Å². The molecule has 0 fully saturated rings. The lowest BCUT2D eigenvalue weighted by Crippen LogP contribution is -2.30. The van der Waals surface area contributed by atoms with Crippen LogP contribution in [0.3, 0.4) is 0 Å². The van der Waals surface area contributed by atoms with E-state index in [1.807, 2.05) is 0 Å². The third kappa shape index (κ3) is 7.05. The molecule has 0 saturated heterocycles. The maximum Gasteiger partial charge on any atom is 0.00612 e. The summed E-state index contributed by atoms with van der Waals surface area (Å²) in [7, 11) is 2.24. The number of hydrogen-bond acceptors (Lipinski definition) is 2. The summed E-state index contributed by atoms with van der Waals surface area (Å²) in [4.78, 5) is 2.47.